The number of benzene rings is 2. The van der Waals surface area contributed by atoms with Crippen LogP contribution in [0, 0.1) is 0 Å². The molecule has 164 valence electrons. The lowest BCUT2D eigenvalue weighted by Gasteiger charge is -2.33. The Kier molecular flexibility index (Phi) is 5.94. The molecule has 0 radical (unpaired) electrons. The molecule has 10 heteroatoms. The predicted octanol–water partition coefficient (Wildman–Crippen LogP) is 1.22. The molecule has 0 aromatic heterocycles. The summed E-state index contributed by atoms with van der Waals surface area (Å²) in [5.74, 6) is -0.117. The Hall–Kier alpha value is -2.95. The number of rotatable bonds is 7. The van der Waals surface area contributed by atoms with Crippen molar-refractivity contribution in [3.8, 4) is 11.5 Å². The second-order valence-electron chi connectivity index (χ2n) is 7.24. The molecular weight excluding hydrogens is 422 g/mol. The van der Waals surface area contributed by atoms with E-state index in [9.17, 15) is 18.0 Å². The summed E-state index contributed by atoms with van der Waals surface area (Å²) in [5.41, 5.74) is 0.437. The Morgan fingerprint density at radius 1 is 1.00 bits per heavy atom. The highest BCUT2D eigenvalue weighted by Gasteiger charge is 2.33. The van der Waals surface area contributed by atoms with Gasteiger partial charge in [0, 0.05) is 32.7 Å². The Bertz CT molecular complexity index is 1110. The highest BCUT2D eigenvalue weighted by Crippen LogP contribution is 2.28. The average Bonchev–Trinajstić information content (AvgIpc) is 3.07. The lowest BCUT2D eigenvalue weighted by atomic mass is 10.1. The highest BCUT2D eigenvalue weighted by molar-refractivity contribution is 7.89. The van der Waals surface area contributed by atoms with Gasteiger partial charge in [0.25, 0.3) is 11.7 Å². The summed E-state index contributed by atoms with van der Waals surface area (Å²) in [5, 5.41) is 2.43. The molecule has 1 fully saturated rings. The highest BCUT2D eigenvalue weighted by atomic mass is 32.2. The van der Waals surface area contributed by atoms with Gasteiger partial charge in [-0.3, -0.25) is 14.5 Å². The number of methoxy groups -OCH3 is 1. The molecule has 0 unspecified atom stereocenters. The third-order valence-electron chi connectivity index (χ3n) is 5.39. The minimum Gasteiger partial charge on any atom is -0.493 e. The molecule has 1 N–H and O–H groups in total. The van der Waals surface area contributed by atoms with Crippen molar-refractivity contribution in [3.05, 3.63) is 48.0 Å². The number of hydrogen-bond donors (Lipinski definition) is 1. The van der Waals surface area contributed by atoms with E-state index >= 15 is 0 Å². The molecule has 0 spiro atoms. The van der Waals surface area contributed by atoms with Crippen LogP contribution in [0.15, 0.2) is 47.4 Å². The number of carbonyl (C=O) groups is 2. The summed E-state index contributed by atoms with van der Waals surface area (Å²) in [6.07, 6.45) is 0. The summed E-state index contributed by atoms with van der Waals surface area (Å²) in [6, 6.07) is 11.6. The van der Waals surface area contributed by atoms with Crippen LogP contribution in [0.4, 0.5) is 5.69 Å². The molecule has 1 saturated heterocycles. The molecule has 4 rings (SSSR count). The largest absolute Gasteiger partial charge is 0.493 e. The van der Waals surface area contributed by atoms with E-state index in [4.69, 9.17) is 9.47 Å². The summed E-state index contributed by atoms with van der Waals surface area (Å²) in [6.45, 7) is 2.92. The fourth-order valence-electron chi connectivity index (χ4n) is 3.65. The number of ether oxygens (including phenoxy) is 2. The monoisotopic (exact) mass is 445 g/mol. The van der Waals surface area contributed by atoms with Gasteiger partial charge >= 0.3 is 0 Å². The van der Waals surface area contributed by atoms with E-state index < -0.39 is 21.7 Å². The molecule has 2 heterocycles. The number of amides is 1. The van der Waals surface area contributed by atoms with Crippen molar-refractivity contribution in [2.24, 2.45) is 0 Å². The zero-order valence-electron chi connectivity index (χ0n) is 17.0. The van der Waals surface area contributed by atoms with E-state index in [0.717, 1.165) is 0 Å². The topological polar surface area (TPSA) is 105 Å². The van der Waals surface area contributed by atoms with Crippen molar-refractivity contribution in [1.82, 2.24) is 9.21 Å². The minimum absolute atomic E-state index is 0.0176. The number of fused-ring (bicyclic) bond motifs is 1. The van der Waals surface area contributed by atoms with Gasteiger partial charge < -0.3 is 14.8 Å². The second kappa shape index (κ2) is 8.66. The van der Waals surface area contributed by atoms with Crippen molar-refractivity contribution in [1.29, 1.82) is 0 Å². The number of hydrogen-bond acceptors (Lipinski definition) is 7. The average molecular weight is 445 g/mol. The standard InChI is InChI=1S/C21H23N3O6S/c1-29-18-4-2-3-5-19(18)30-13-12-23-8-10-24(11-9-23)31(27,28)15-6-7-17-16(14-15)20(25)21(26)22-17/h2-7,14H,8-13H2,1H3,(H,22,25,26). The number of para-hydroxylation sites is 2. The minimum atomic E-state index is -3.75. The number of ketones is 1. The molecule has 2 aromatic carbocycles. The van der Waals surface area contributed by atoms with Gasteiger partial charge in [0.2, 0.25) is 10.0 Å². The van der Waals surface area contributed by atoms with E-state index in [1.807, 2.05) is 24.3 Å². The maximum absolute atomic E-state index is 13.0. The lowest BCUT2D eigenvalue weighted by Crippen LogP contribution is -2.49. The van der Waals surface area contributed by atoms with Gasteiger partial charge in [0.05, 0.1) is 23.3 Å². The smallest absolute Gasteiger partial charge is 0.296 e. The molecule has 0 aliphatic carbocycles. The van der Waals surface area contributed by atoms with Gasteiger partial charge in [-0.2, -0.15) is 4.31 Å². The van der Waals surface area contributed by atoms with E-state index in [0.29, 0.717) is 56.5 Å². The van der Waals surface area contributed by atoms with Gasteiger partial charge in [-0.1, -0.05) is 12.1 Å². The Morgan fingerprint density at radius 3 is 2.42 bits per heavy atom. The number of sulfonamides is 1. The first kappa shape index (κ1) is 21.3. The van der Waals surface area contributed by atoms with Crippen molar-refractivity contribution in [2.75, 3.05) is 51.8 Å². The summed E-state index contributed by atoms with van der Waals surface area (Å²) < 4.78 is 38.5. The molecule has 9 nitrogen and oxygen atoms in total. The Balaban J connectivity index is 1.33. The first-order valence-corrected chi connectivity index (χ1v) is 11.3. The summed E-state index contributed by atoms with van der Waals surface area (Å²) >= 11 is 0. The van der Waals surface area contributed by atoms with Crippen LogP contribution in [0.3, 0.4) is 0 Å². The van der Waals surface area contributed by atoms with E-state index in [1.54, 1.807) is 7.11 Å². The van der Waals surface area contributed by atoms with Crippen LogP contribution in [-0.2, 0) is 14.8 Å². The van der Waals surface area contributed by atoms with Crippen LogP contribution in [0.1, 0.15) is 10.4 Å². The Labute approximate surface area is 180 Å². The third kappa shape index (κ3) is 4.27. The van der Waals surface area contributed by atoms with Gasteiger partial charge in [0.1, 0.15) is 6.61 Å². The van der Waals surface area contributed by atoms with E-state index in [-0.39, 0.29) is 10.5 Å². The fourth-order valence-corrected chi connectivity index (χ4v) is 5.10. The number of anilines is 1. The molecule has 0 bridgehead atoms. The SMILES string of the molecule is COc1ccccc1OCCN1CCN(S(=O)(=O)c2ccc3c(c2)C(=O)C(=O)N3)CC1. The van der Waals surface area contributed by atoms with Crippen LogP contribution in [0.5, 0.6) is 11.5 Å². The van der Waals surface area contributed by atoms with Gasteiger partial charge in [-0.25, -0.2) is 8.42 Å². The van der Waals surface area contributed by atoms with Crippen molar-refractivity contribution >= 4 is 27.4 Å². The quantitative estimate of drug-likeness (QED) is 0.639. The fraction of sp³-hybridized carbons (Fsp3) is 0.333. The number of nitrogens with zero attached hydrogens (tertiary/aromatic N) is 2. The molecule has 0 atom stereocenters. The van der Waals surface area contributed by atoms with Gasteiger partial charge in [-0.05, 0) is 30.3 Å². The van der Waals surface area contributed by atoms with E-state index in [1.165, 1.54) is 22.5 Å². The first-order valence-electron chi connectivity index (χ1n) is 9.88. The molecule has 1 amide bonds. The van der Waals surface area contributed by atoms with Crippen LogP contribution in [0.2, 0.25) is 0 Å². The predicted molar refractivity (Wildman–Crippen MR) is 113 cm³/mol. The summed E-state index contributed by atoms with van der Waals surface area (Å²) in [4.78, 5) is 25.5. The molecule has 2 aliphatic rings. The van der Waals surface area contributed by atoms with Crippen molar-refractivity contribution in [3.63, 3.8) is 0 Å². The van der Waals surface area contributed by atoms with Crippen molar-refractivity contribution < 1.29 is 27.5 Å². The van der Waals surface area contributed by atoms with Gasteiger partial charge in [0.15, 0.2) is 11.5 Å². The van der Waals surface area contributed by atoms with Crippen LogP contribution in [-0.4, -0.2) is 75.8 Å². The lowest BCUT2D eigenvalue weighted by molar-refractivity contribution is -0.112. The molecule has 2 aromatic rings. The molecule has 2 aliphatic heterocycles. The third-order valence-corrected chi connectivity index (χ3v) is 7.29. The van der Waals surface area contributed by atoms with Crippen LogP contribution < -0.4 is 14.8 Å². The normalized spacial score (nSPS) is 17.3. The van der Waals surface area contributed by atoms with Gasteiger partial charge in [-0.15, -0.1) is 0 Å². The number of nitrogens with one attached hydrogen (secondary N) is 1. The zero-order valence-corrected chi connectivity index (χ0v) is 17.9. The number of carbonyl (C=O) groups excluding carboxylic acids is 2. The van der Waals surface area contributed by atoms with Crippen LogP contribution in [0.25, 0.3) is 0 Å². The maximum Gasteiger partial charge on any atom is 0.296 e. The van der Waals surface area contributed by atoms with Crippen LogP contribution >= 0.6 is 0 Å². The Morgan fingerprint density at radius 2 is 1.71 bits per heavy atom. The molecule has 0 saturated carbocycles. The number of piperazine rings is 1. The number of Topliss-reactive ketones (excluding diaryl/α,β-unsaturated/α-hetero) is 1. The second-order valence-corrected chi connectivity index (χ2v) is 9.17. The maximum atomic E-state index is 13.0. The zero-order chi connectivity index (χ0) is 22.0. The van der Waals surface area contributed by atoms with Crippen molar-refractivity contribution in [2.45, 2.75) is 4.90 Å². The van der Waals surface area contributed by atoms with E-state index in [2.05, 4.69) is 10.2 Å². The molecule has 31 heavy (non-hydrogen) atoms. The first-order chi connectivity index (χ1) is 14.9. The molecular formula is C21H23N3O6S. The summed E-state index contributed by atoms with van der Waals surface area (Å²) in [7, 11) is -2.16.